The number of hydrogen-bond donors (Lipinski definition) is 0. The van der Waals surface area contributed by atoms with E-state index < -0.39 is 0 Å². The minimum atomic E-state index is -0.203. The average molecular weight is 325 g/mol. The van der Waals surface area contributed by atoms with Crippen LogP contribution in [-0.4, -0.2) is 17.6 Å². The van der Waals surface area contributed by atoms with E-state index in [4.69, 9.17) is 4.74 Å². The Balaban J connectivity index is 1.74. The SMILES string of the molecule is Cc1ccc(CC(=O)OCCCC(C)c2c(C)cccc2C)nc1. The maximum absolute atomic E-state index is 11.9. The van der Waals surface area contributed by atoms with Crippen molar-refractivity contribution in [3.8, 4) is 0 Å². The van der Waals surface area contributed by atoms with Gasteiger partial charge in [0.2, 0.25) is 0 Å². The summed E-state index contributed by atoms with van der Waals surface area (Å²) in [6, 6.07) is 10.3. The van der Waals surface area contributed by atoms with E-state index in [1.165, 1.54) is 16.7 Å². The van der Waals surface area contributed by atoms with Crippen molar-refractivity contribution in [2.24, 2.45) is 0 Å². The lowest BCUT2D eigenvalue weighted by molar-refractivity contribution is -0.143. The molecular formula is C21H27NO2. The van der Waals surface area contributed by atoms with Gasteiger partial charge >= 0.3 is 5.97 Å². The third-order valence-corrected chi connectivity index (χ3v) is 4.38. The molecule has 2 aromatic rings. The second kappa shape index (κ2) is 8.62. The topological polar surface area (TPSA) is 39.2 Å². The summed E-state index contributed by atoms with van der Waals surface area (Å²) in [7, 11) is 0. The average Bonchev–Trinajstić information content (AvgIpc) is 2.53. The monoisotopic (exact) mass is 325 g/mol. The highest BCUT2D eigenvalue weighted by Crippen LogP contribution is 2.27. The molecule has 0 amide bonds. The third kappa shape index (κ3) is 5.19. The zero-order chi connectivity index (χ0) is 17.5. The number of aromatic nitrogens is 1. The molecule has 0 radical (unpaired) electrons. The van der Waals surface area contributed by atoms with Crippen LogP contribution in [0.15, 0.2) is 36.5 Å². The Morgan fingerprint density at radius 2 is 1.83 bits per heavy atom. The van der Waals surface area contributed by atoms with Gasteiger partial charge in [0.25, 0.3) is 0 Å². The second-order valence-corrected chi connectivity index (χ2v) is 6.57. The van der Waals surface area contributed by atoms with E-state index >= 15 is 0 Å². The highest BCUT2D eigenvalue weighted by Gasteiger charge is 2.12. The zero-order valence-electron chi connectivity index (χ0n) is 15.1. The molecule has 0 saturated heterocycles. The second-order valence-electron chi connectivity index (χ2n) is 6.57. The molecule has 128 valence electrons. The van der Waals surface area contributed by atoms with Crippen molar-refractivity contribution in [2.75, 3.05) is 6.61 Å². The predicted octanol–water partition coefficient (Wildman–Crippen LogP) is 4.68. The van der Waals surface area contributed by atoms with Gasteiger partial charge in [-0.2, -0.15) is 0 Å². The van der Waals surface area contributed by atoms with Crippen molar-refractivity contribution >= 4 is 5.97 Å². The van der Waals surface area contributed by atoms with Gasteiger partial charge < -0.3 is 4.74 Å². The van der Waals surface area contributed by atoms with Gasteiger partial charge in [-0.3, -0.25) is 9.78 Å². The molecule has 0 saturated carbocycles. The maximum Gasteiger partial charge on any atom is 0.311 e. The van der Waals surface area contributed by atoms with Crippen molar-refractivity contribution in [3.05, 3.63) is 64.5 Å². The molecule has 0 fully saturated rings. The number of aryl methyl sites for hydroxylation is 3. The van der Waals surface area contributed by atoms with E-state index in [0.717, 1.165) is 24.1 Å². The first-order valence-electron chi connectivity index (χ1n) is 8.60. The maximum atomic E-state index is 11.9. The number of carbonyl (C=O) groups is 1. The highest BCUT2D eigenvalue weighted by molar-refractivity contribution is 5.71. The van der Waals surface area contributed by atoms with Crippen LogP contribution in [0.1, 0.15) is 53.6 Å². The molecule has 0 spiro atoms. The van der Waals surface area contributed by atoms with Crippen LogP contribution in [0.3, 0.4) is 0 Å². The molecule has 0 aliphatic carbocycles. The molecule has 1 atom stereocenters. The van der Waals surface area contributed by atoms with Gasteiger partial charge in [-0.15, -0.1) is 0 Å². The van der Waals surface area contributed by atoms with E-state index in [9.17, 15) is 4.79 Å². The predicted molar refractivity (Wildman–Crippen MR) is 97.2 cm³/mol. The number of pyridine rings is 1. The molecule has 0 bridgehead atoms. The van der Waals surface area contributed by atoms with Gasteiger partial charge in [0.05, 0.1) is 18.7 Å². The van der Waals surface area contributed by atoms with Gasteiger partial charge in [-0.05, 0) is 67.9 Å². The molecule has 24 heavy (non-hydrogen) atoms. The minimum absolute atomic E-state index is 0.203. The first-order chi connectivity index (χ1) is 11.5. The summed E-state index contributed by atoms with van der Waals surface area (Å²) >= 11 is 0. The number of hydrogen-bond acceptors (Lipinski definition) is 3. The summed E-state index contributed by atoms with van der Waals surface area (Å²) in [5, 5.41) is 0. The summed E-state index contributed by atoms with van der Waals surface area (Å²) < 4.78 is 5.34. The number of benzene rings is 1. The van der Waals surface area contributed by atoms with Crippen LogP contribution in [0.4, 0.5) is 0 Å². The van der Waals surface area contributed by atoms with Gasteiger partial charge in [0.15, 0.2) is 0 Å². The van der Waals surface area contributed by atoms with Crippen molar-refractivity contribution in [2.45, 2.75) is 52.9 Å². The Bertz CT molecular complexity index is 656. The Labute approximate surface area is 145 Å². The quantitative estimate of drug-likeness (QED) is 0.548. The highest BCUT2D eigenvalue weighted by atomic mass is 16.5. The van der Waals surface area contributed by atoms with E-state index in [-0.39, 0.29) is 12.4 Å². The number of carbonyl (C=O) groups excluding carboxylic acids is 1. The Hall–Kier alpha value is -2.16. The van der Waals surface area contributed by atoms with Crippen LogP contribution in [-0.2, 0) is 16.0 Å². The summed E-state index contributed by atoms with van der Waals surface area (Å²) in [4.78, 5) is 16.1. The first-order valence-corrected chi connectivity index (χ1v) is 8.60. The Kier molecular flexibility index (Phi) is 6.53. The lowest BCUT2D eigenvalue weighted by atomic mass is 9.89. The normalized spacial score (nSPS) is 12.0. The van der Waals surface area contributed by atoms with E-state index in [1.54, 1.807) is 6.20 Å². The summed E-state index contributed by atoms with van der Waals surface area (Å²) in [6.07, 6.45) is 3.91. The lowest BCUT2D eigenvalue weighted by Gasteiger charge is -2.17. The largest absolute Gasteiger partial charge is 0.465 e. The molecular weight excluding hydrogens is 298 g/mol. The van der Waals surface area contributed by atoms with Gasteiger partial charge in [0, 0.05) is 6.20 Å². The van der Waals surface area contributed by atoms with Crippen LogP contribution in [0.2, 0.25) is 0 Å². The Morgan fingerprint density at radius 1 is 1.12 bits per heavy atom. The van der Waals surface area contributed by atoms with E-state index in [0.29, 0.717) is 12.5 Å². The molecule has 2 rings (SSSR count). The van der Waals surface area contributed by atoms with E-state index in [1.807, 2.05) is 19.1 Å². The molecule has 1 aromatic carbocycles. The standard InChI is InChI=1S/C21H27NO2/c1-15-10-11-19(22-14-15)13-20(23)24-12-6-9-18(4)21-16(2)7-5-8-17(21)3/h5,7-8,10-11,14,18H,6,9,12-13H2,1-4H3. The molecule has 1 heterocycles. The fourth-order valence-corrected chi connectivity index (χ4v) is 3.13. The number of ether oxygens (including phenoxy) is 1. The lowest BCUT2D eigenvalue weighted by Crippen LogP contribution is -2.11. The fraction of sp³-hybridized carbons (Fsp3) is 0.429. The van der Waals surface area contributed by atoms with Crippen LogP contribution < -0.4 is 0 Å². The third-order valence-electron chi connectivity index (χ3n) is 4.38. The van der Waals surface area contributed by atoms with Crippen molar-refractivity contribution in [3.63, 3.8) is 0 Å². The molecule has 1 unspecified atom stereocenters. The van der Waals surface area contributed by atoms with Crippen molar-refractivity contribution < 1.29 is 9.53 Å². The molecule has 0 aliphatic rings. The first kappa shape index (κ1) is 18.2. The molecule has 1 aromatic heterocycles. The van der Waals surface area contributed by atoms with Crippen LogP contribution in [0.5, 0.6) is 0 Å². The van der Waals surface area contributed by atoms with Gasteiger partial charge in [0.1, 0.15) is 0 Å². The van der Waals surface area contributed by atoms with Crippen molar-refractivity contribution in [1.29, 1.82) is 0 Å². The molecule has 3 heteroatoms. The minimum Gasteiger partial charge on any atom is -0.465 e. The van der Waals surface area contributed by atoms with E-state index in [2.05, 4.69) is 44.0 Å². The van der Waals surface area contributed by atoms with Crippen LogP contribution in [0, 0.1) is 20.8 Å². The zero-order valence-corrected chi connectivity index (χ0v) is 15.1. The van der Waals surface area contributed by atoms with Crippen molar-refractivity contribution in [1.82, 2.24) is 4.98 Å². The Morgan fingerprint density at radius 3 is 2.46 bits per heavy atom. The van der Waals surface area contributed by atoms with Gasteiger partial charge in [-0.25, -0.2) is 0 Å². The van der Waals surface area contributed by atoms with Crippen LogP contribution >= 0.6 is 0 Å². The summed E-state index contributed by atoms with van der Waals surface area (Å²) in [6.45, 7) is 9.01. The van der Waals surface area contributed by atoms with Crippen LogP contribution in [0.25, 0.3) is 0 Å². The number of rotatable bonds is 7. The summed E-state index contributed by atoms with van der Waals surface area (Å²) in [5.74, 6) is 0.273. The number of esters is 1. The summed E-state index contributed by atoms with van der Waals surface area (Å²) in [5.41, 5.74) is 5.95. The molecule has 0 N–H and O–H groups in total. The molecule has 0 aliphatic heterocycles. The molecule has 3 nitrogen and oxygen atoms in total. The number of nitrogens with zero attached hydrogens (tertiary/aromatic N) is 1. The van der Waals surface area contributed by atoms with Gasteiger partial charge in [-0.1, -0.05) is 31.2 Å². The fourth-order valence-electron chi connectivity index (χ4n) is 3.13. The smallest absolute Gasteiger partial charge is 0.311 e.